The molecule has 31 heavy (non-hydrogen) atoms. The Morgan fingerprint density at radius 2 is 1.81 bits per heavy atom. The molecule has 0 fully saturated rings. The first-order chi connectivity index (χ1) is 14.7. The van der Waals surface area contributed by atoms with Crippen LogP contribution in [0.25, 0.3) is 5.69 Å². The highest BCUT2D eigenvalue weighted by atomic mass is 32.2. The lowest BCUT2D eigenvalue weighted by Crippen LogP contribution is -2.24. The second-order valence-corrected chi connectivity index (χ2v) is 10.1. The molecule has 0 amide bonds. The molecule has 164 valence electrons. The van der Waals surface area contributed by atoms with E-state index in [1.54, 1.807) is 18.2 Å². The number of sulfonamides is 1. The molecule has 0 unspecified atom stereocenters. The summed E-state index contributed by atoms with van der Waals surface area (Å²) >= 11 is 1.27. The molecule has 0 aliphatic rings. The Bertz CT molecular complexity index is 1190. The number of esters is 1. The number of carbonyl (C=O) groups excluding carboxylic acids is 2. The first-order valence-corrected chi connectivity index (χ1v) is 12.3. The van der Waals surface area contributed by atoms with E-state index in [1.807, 2.05) is 48.7 Å². The molecule has 9 heteroatoms. The number of hydrogen-bond acceptors (Lipinski definition) is 6. The van der Waals surface area contributed by atoms with Gasteiger partial charge in [0, 0.05) is 28.5 Å². The highest BCUT2D eigenvalue weighted by Gasteiger charge is 2.19. The molecule has 0 saturated heterocycles. The van der Waals surface area contributed by atoms with E-state index in [0.29, 0.717) is 16.9 Å². The minimum Gasteiger partial charge on any atom is -0.454 e. The number of ketones is 1. The maximum atomic E-state index is 12.6. The van der Waals surface area contributed by atoms with E-state index in [4.69, 9.17) is 4.74 Å². The molecule has 0 aliphatic heterocycles. The van der Waals surface area contributed by atoms with Gasteiger partial charge in [-0.3, -0.25) is 4.79 Å². The number of aryl methyl sites for hydroxylation is 1. The zero-order chi connectivity index (χ0) is 22.6. The smallest absolute Gasteiger partial charge is 0.340 e. The number of nitrogens with one attached hydrogen (secondary N) is 1. The highest BCUT2D eigenvalue weighted by Crippen LogP contribution is 2.22. The fourth-order valence-corrected chi connectivity index (χ4v) is 4.65. The van der Waals surface area contributed by atoms with Crippen molar-refractivity contribution in [3.63, 3.8) is 0 Å². The molecule has 1 aromatic carbocycles. The van der Waals surface area contributed by atoms with Crippen LogP contribution in [0.3, 0.4) is 0 Å². The molecule has 0 bridgehead atoms. The van der Waals surface area contributed by atoms with Gasteiger partial charge in [-0.05, 0) is 50.6 Å². The van der Waals surface area contributed by atoms with Crippen molar-refractivity contribution in [2.45, 2.75) is 20.3 Å². The van der Waals surface area contributed by atoms with Crippen molar-refractivity contribution in [1.82, 2.24) is 9.29 Å². The molecule has 2 heterocycles. The number of carbonyl (C=O) groups is 2. The topological polar surface area (TPSA) is 94.5 Å². The van der Waals surface area contributed by atoms with Crippen LogP contribution in [0.5, 0.6) is 0 Å². The van der Waals surface area contributed by atoms with E-state index in [2.05, 4.69) is 4.72 Å². The third kappa shape index (κ3) is 5.90. The van der Waals surface area contributed by atoms with Crippen LogP contribution in [0.1, 0.15) is 36.3 Å². The number of Topliss-reactive ketones (excluding diaryl/α,β-unsaturated/α-hetero) is 1. The van der Waals surface area contributed by atoms with Crippen LogP contribution in [0.4, 0.5) is 0 Å². The van der Waals surface area contributed by atoms with Crippen molar-refractivity contribution < 1.29 is 22.7 Å². The van der Waals surface area contributed by atoms with Crippen LogP contribution < -0.4 is 4.72 Å². The first kappa shape index (κ1) is 22.9. The van der Waals surface area contributed by atoms with Crippen LogP contribution in [0.2, 0.25) is 0 Å². The molecule has 0 spiro atoms. The van der Waals surface area contributed by atoms with Gasteiger partial charge in [0.05, 0.1) is 16.7 Å². The SMILES string of the molecule is Cc1cc(C(=O)OCC(=O)c2ccc(CCNS(C)(=O)=O)s2)c(C)n1-c1ccccc1. The average Bonchev–Trinajstić information content (AvgIpc) is 3.30. The molecule has 1 N–H and O–H groups in total. The van der Waals surface area contributed by atoms with Crippen molar-refractivity contribution >= 4 is 33.1 Å². The lowest BCUT2D eigenvalue weighted by molar-refractivity contribution is 0.0475. The number of para-hydroxylation sites is 1. The van der Waals surface area contributed by atoms with Crippen LogP contribution in [0.15, 0.2) is 48.5 Å². The lowest BCUT2D eigenvalue weighted by atomic mass is 10.2. The Hall–Kier alpha value is -2.75. The van der Waals surface area contributed by atoms with Crippen molar-refractivity contribution in [2.24, 2.45) is 0 Å². The number of rotatable bonds is 9. The second-order valence-electron chi connectivity index (χ2n) is 7.14. The second kappa shape index (κ2) is 9.59. The van der Waals surface area contributed by atoms with Gasteiger partial charge in [0.25, 0.3) is 0 Å². The van der Waals surface area contributed by atoms with E-state index in [9.17, 15) is 18.0 Å². The molecular formula is C22H24N2O5S2. The van der Waals surface area contributed by atoms with Gasteiger partial charge in [0.2, 0.25) is 15.8 Å². The average molecular weight is 461 g/mol. The summed E-state index contributed by atoms with van der Waals surface area (Å²) < 4.78 is 31.9. The zero-order valence-corrected chi connectivity index (χ0v) is 19.2. The fourth-order valence-electron chi connectivity index (χ4n) is 3.25. The van der Waals surface area contributed by atoms with Crippen molar-refractivity contribution in [2.75, 3.05) is 19.4 Å². The van der Waals surface area contributed by atoms with E-state index < -0.39 is 16.0 Å². The van der Waals surface area contributed by atoms with Gasteiger partial charge in [0.1, 0.15) is 0 Å². The normalized spacial score (nSPS) is 11.5. The van der Waals surface area contributed by atoms with Crippen LogP contribution in [-0.4, -0.2) is 44.1 Å². The van der Waals surface area contributed by atoms with Crippen LogP contribution >= 0.6 is 11.3 Å². The van der Waals surface area contributed by atoms with E-state index in [1.165, 1.54) is 11.3 Å². The van der Waals surface area contributed by atoms with Crippen molar-refractivity contribution in [3.8, 4) is 5.69 Å². The Balaban J connectivity index is 1.61. The molecular weight excluding hydrogens is 436 g/mol. The molecule has 2 aromatic heterocycles. The number of thiophene rings is 1. The minimum atomic E-state index is -3.24. The number of hydrogen-bond donors (Lipinski definition) is 1. The van der Waals surface area contributed by atoms with Gasteiger partial charge in [-0.15, -0.1) is 11.3 Å². The lowest BCUT2D eigenvalue weighted by Gasteiger charge is -2.09. The molecule has 0 atom stereocenters. The molecule has 0 radical (unpaired) electrons. The van der Waals surface area contributed by atoms with Crippen LogP contribution in [0, 0.1) is 13.8 Å². The van der Waals surface area contributed by atoms with E-state index >= 15 is 0 Å². The Morgan fingerprint density at radius 3 is 2.48 bits per heavy atom. The van der Waals surface area contributed by atoms with E-state index in [-0.39, 0.29) is 18.9 Å². The molecule has 3 rings (SSSR count). The minimum absolute atomic E-state index is 0.263. The zero-order valence-electron chi connectivity index (χ0n) is 17.5. The summed E-state index contributed by atoms with van der Waals surface area (Å²) in [5, 5.41) is 0. The van der Waals surface area contributed by atoms with Gasteiger partial charge in [-0.1, -0.05) is 18.2 Å². The van der Waals surface area contributed by atoms with Gasteiger partial charge < -0.3 is 9.30 Å². The monoisotopic (exact) mass is 460 g/mol. The van der Waals surface area contributed by atoms with Gasteiger partial charge >= 0.3 is 5.97 Å². The van der Waals surface area contributed by atoms with Gasteiger partial charge in [0.15, 0.2) is 6.61 Å². The highest BCUT2D eigenvalue weighted by molar-refractivity contribution is 7.88. The largest absolute Gasteiger partial charge is 0.454 e. The Labute approximate surface area is 185 Å². The Kier molecular flexibility index (Phi) is 7.09. The molecule has 0 saturated carbocycles. The molecule has 3 aromatic rings. The predicted molar refractivity (Wildman–Crippen MR) is 121 cm³/mol. The summed E-state index contributed by atoms with van der Waals surface area (Å²) in [5.41, 5.74) is 3.02. The molecule has 7 nitrogen and oxygen atoms in total. The van der Waals surface area contributed by atoms with E-state index in [0.717, 1.165) is 28.2 Å². The quantitative estimate of drug-likeness (QED) is 0.391. The predicted octanol–water partition coefficient (Wildman–Crippen LogP) is 3.29. The summed E-state index contributed by atoms with van der Waals surface area (Å²) in [6, 6.07) is 14.9. The third-order valence-electron chi connectivity index (χ3n) is 4.67. The number of benzene rings is 1. The summed E-state index contributed by atoms with van der Waals surface area (Å²) in [6.07, 6.45) is 1.58. The summed E-state index contributed by atoms with van der Waals surface area (Å²) in [7, 11) is -3.24. The maximum Gasteiger partial charge on any atom is 0.340 e. The Morgan fingerprint density at radius 1 is 1.10 bits per heavy atom. The first-order valence-electron chi connectivity index (χ1n) is 9.64. The van der Waals surface area contributed by atoms with Gasteiger partial charge in [-0.2, -0.15) is 0 Å². The molecule has 0 aliphatic carbocycles. The third-order valence-corrected chi connectivity index (χ3v) is 6.59. The van der Waals surface area contributed by atoms with Crippen molar-refractivity contribution in [3.05, 3.63) is 75.2 Å². The number of ether oxygens (including phenoxy) is 1. The number of aromatic nitrogens is 1. The fraction of sp³-hybridized carbons (Fsp3) is 0.273. The van der Waals surface area contributed by atoms with Crippen molar-refractivity contribution in [1.29, 1.82) is 0 Å². The maximum absolute atomic E-state index is 12.6. The summed E-state index contributed by atoms with van der Waals surface area (Å²) in [6.45, 7) is 3.66. The van der Waals surface area contributed by atoms with Crippen LogP contribution in [-0.2, 0) is 21.2 Å². The van der Waals surface area contributed by atoms with Gasteiger partial charge in [-0.25, -0.2) is 17.9 Å². The standard InChI is InChI=1S/C22H24N2O5S2/c1-15-13-19(16(2)24(15)17-7-5-4-6-8-17)22(26)29-14-20(25)21-10-9-18(30-21)11-12-23-31(3,27)28/h4-10,13,23H,11-12,14H2,1-3H3. The summed E-state index contributed by atoms with van der Waals surface area (Å²) in [5.74, 6) is -0.838. The summed E-state index contributed by atoms with van der Waals surface area (Å²) in [4.78, 5) is 26.4. The number of nitrogens with zero attached hydrogens (tertiary/aromatic N) is 1.